The molecular formula is C21H18F3N3O. The van der Waals surface area contributed by atoms with Gasteiger partial charge in [0.15, 0.2) is 0 Å². The van der Waals surface area contributed by atoms with Crippen LogP contribution >= 0.6 is 0 Å². The van der Waals surface area contributed by atoms with Crippen molar-refractivity contribution in [3.63, 3.8) is 0 Å². The van der Waals surface area contributed by atoms with Gasteiger partial charge < -0.3 is 10.3 Å². The van der Waals surface area contributed by atoms with Gasteiger partial charge in [0.05, 0.1) is 23.0 Å². The third-order valence-corrected chi connectivity index (χ3v) is 4.54. The Bertz CT molecular complexity index is 1050. The number of nitrogens with zero attached hydrogens (tertiary/aromatic N) is 2. The van der Waals surface area contributed by atoms with Crippen LogP contribution in [-0.4, -0.2) is 15.5 Å². The van der Waals surface area contributed by atoms with Gasteiger partial charge in [-0.25, -0.2) is 4.98 Å². The molecule has 0 fully saturated rings. The zero-order chi connectivity index (χ0) is 20.5. The van der Waals surface area contributed by atoms with Crippen LogP contribution < -0.4 is 5.73 Å². The van der Waals surface area contributed by atoms with Crippen LogP contribution in [0.15, 0.2) is 60.8 Å². The molecule has 0 atom stereocenters. The molecule has 0 saturated heterocycles. The van der Waals surface area contributed by atoms with Crippen LogP contribution in [0.4, 0.5) is 13.2 Å². The van der Waals surface area contributed by atoms with Gasteiger partial charge in [0.1, 0.15) is 5.82 Å². The molecule has 0 aliphatic heterocycles. The van der Waals surface area contributed by atoms with E-state index >= 15 is 0 Å². The molecule has 1 heterocycles. The molecule has 0 bridgehead atoms. The summed E-state index contributed by atoms with van der Waals surface area (Å²) in [5.41, 5.74) is 5.60. The summed E-state index contributed by atoms with van der Waals surface area (Å²) in [6, 6.07) is 13.6. The minimum absolute atomic E-state index is 0.0222. The number of carbonyl (C=O) groups excluding carboxylic acids is 1. The van der Waals surface area contributed by atoms with Crippen molar-refractivity contribution in [3.05, 3.63) is 89.0 Å². The van der Waals surface area contributed by atoms with Crippen LogP contribution in [0, 0.1) is 6.92 Å². The van der Waals surface area contributed by atoms with Crippen molar-refractivity contribution in [1.82, 2.24) is 9.55 Å². The van der Waals surface area contributed by atoms with E-state index in [1.807, 2.05) is 0 Å². The second kappa shape index (κ2) is 7.34. The summed E-state index contributed by atoms with van der Waals surface area (Å²) >= 11 is 0. The summed E-state index contributed by atoms with van der Waals surface area (Å²) in [5, 5.41) is 0. The summed E-state index contributed by atoms with van der Waals surface area (Å²) < 4.78 is 42.8. The topological polar surface area (TPSA) is 60.9 Å². The number of benzene rings is 2. The van der Waals surface area contributed by atoms with Crippen molar-refractivity contribution in [2.24, 2.45) is 12.8 Å². The molecule has 0 aliphatic rings. The minimum Gasteiger partial charge on any atom is -0.366 e. The van der Waals surface area contributed by atoms with Crippen molar-refractivity contribution in [2.75, 3.05) is 0 Å². The van der Waals surface area contributed by atoms with Gasteiger partial charge in [-0.2, -0.15) is 13.2 Å². The number of aromatic nitrogens is 2. The lowest BCUT2D eigenvalue weighted by molar-refractivity contribution is -0.137. The Balaban J connectivity index is 2.47. The SMILES string of the molecule is Cc1ncc(C(C(N)=O)=C(c2ccccc2)c2ccccc2C(F)(F)F)n1C. The number of primary amides is 1. The van der Waals surface area contributed by atoms with Gasteiger partial charge >= 0.3 is 6.18 Å². The fraction of sp³-hybridized carbons (Fsp3) is 0.143. The third kappa shape index (κ3) is 3.55. The number of aryl methyl sites for hydroxylation is 1. The lowest BCUT2D eigenvalue weighted by Crippen LogP contribution is -2.18. The quantitative estimate of drug-likeness (QED) is 0.685. The monoisotopic (exact) mass is 385 g/mol. The number of amides is 1. The van der Waals surface area contributed by atoms with E-state index in [1.165, 1.54) is 24.4 Å². The Hall–Kier alpha value is -3.35. The number of carbonyl (C=O) groups is 1. The first-order chi connectivity index (χ1) is 13.2. The molecule has 144 valence electrons. The smallest absolute Gasteiger partial charge is 0.366 e. The number of imidazole rings is 1. The van der Waals surface area contributed by atoms with Crippen molar-refractivity contribution < 1.29 is 18.0 Å². The van der Waals surface area contributed by atoms with Crippen molar-refractivity contribution >= 4 is 17.1 Å². The van der Waals surface area contributed by atoms with E-state index in [0.29, 0.717) is 17.1 Å². The van der Waals surface area contributed by atoms with Crippen molar-refractivity contribution in [3.8, 4) is 0 Å². The van der Waals surface area contributed by atoms with E-state index in [-0.39, 0.29) is 16.7 Å². The number of hydrogen-bond donors (Lipinski definition) is 1. The Morgan fingerprint density at radius 2 is 1.64 bits per heavy atom. The zero-order valence-corrected chi connectivity index (χ0v) is 15.3. The van der Waals surface area contributed by atoms with E-state index < -0.39 is 17.6 Å². The first kappa shape index (κ1) is 19.4. The highest BCUT2D eigenvalue weighted by Crippen LogP contribution is 2.40. The van der Waals surface area contributed by atoms with Crippen LogP contribution in [-0.2, 0) is 18.0 Å². The molecule has 28 heavy (non-hydrogen) atoms. The Morgan fingerprint density at radius 1 is 1.04 bits per heavy atom. The van der Waals surface area contributed by atoms with Crippen LogP contribution in [0.1, 0.15) is 28.2 Å². The maximum absolute atomic E-state index is 13.7. The molecule has 4 nitrogen and oxygen atoms in total. The van der Waals surface area contributed by atoms with Gasteiger partial charge in [0.2, 0.25) is 0 Å². The fourth-order valence-corrected chi connectivity index (χ4v) is 3.10. The molecule has 0 saturated carbocycles. The summed E-state index contributed by atoms with van der Waals surface area (Å²) in [5.74, 6) is -0.232. The van der Waals surface area contributed by atoms with Gasteiger partial charge in [0, 0.05) is 12.6 Å². The maximum atomic E-state index is 13.7. The standard InChI is InChI=1S/C21H18F3N3O/c1-13-26-12-17(27(13)2)19(20(25)28)18(14-8-4-3-5-9-14)15-10-6-7-11-16(15)21(22,23)24/h3-12H,1-2H3,(H2,25,28). The molecule has 2 N–H and O–H groups in total. The number of hydrogen-bond acceptors (Lipinski definition) is 2. The second-order valence-electron chi connectivity index (χ2n) is 6.27. The Morgan fingerprint density at radius 3 is 2.18 bits per heavy atom. The number of alkyl halides is 3. The van der Waals surface area contributed by atoms with Crippen LogP contribution in [0.2, 0.25) is 0 Å². The normalized spacial score (nSPS) is 12.6. The molecule has 1 aromatic heterocycles. The molecule has 0 unspecified atom stereocenters. The van der Waals surface area contributed by atoms with Crippen molar-refractivity contribution in [1.29, 1.82) is 0 Å². The summed E-state index contributed by atoms with van der Waals surface area (Å²) in [6.07, 6.45) is -3.16. The average molecular weight is 385 g/mol. The van der Waals surface area contributed by atoms with Gasteiger partial charge in [-0.05, 0) is 24.1 Å². The van der Waals surface area contributed by atoms with Crippen LogP contribution in [0.25, 0.3) is 11.1 Å². The number of nitrogens with two attached hydrogens (primary N) is 1. The van der Waals surface area contributed by atoms with Gasteiger partial charge in [-0.15, -0.1) is 0 Å². The van der Waals surface area contributed by atoms with Crippen molar-refractivity contribution in [2.45, 2.75) is 13.1 Å². The molecule has 7 heteroatoms. The van der Waals surface area contributed by atoms with E-state index in [0.717, 1.165) is 6.07 Å². The fourth-order valence-electron chi connectivity index (χ4n) is 3.10. The molecular weight excluding hydrogens is 367 g/mol. The highest BCUT2D eigenvalue weighted by atomic mass is 19.4. The molecule has 0 aliphatic carbocycles. The van der Waals surface area contributed by atoms with Crippen LogP contribution in [0.3, 0.4) is 0 Å². The lowest BCUT2D eigenvalue weighted by atomic mass is 9.88. The van der Waals surface area contributed by atoms with E-state index in [1.54, 1.807) is 48.9 Å². The molecule has 0 spiro atoms. The molecule has 0 radical (unpaired) electrons. The number of rotatable bonds is 4. The summed E-state index contributed by atoms with van der Waals surface area (Å²) in [6.45, 7) is 1.73. The van der Waals surface area contributed by atoms with Gasteiger partial charge in [0.25, 0.3) is 5.91 Å². The highest BCUT2D eigenvalue weighted by molar-refractivity contribution is 6.28. The van der Waals surface area contributed by atoms with Crippen LogP contribution in [0.5, 0.6) is 0 Å². The maximum Gasteiger partial charge on any atom is 0.417 e. The molecule has 3 aromatic rings. The summed E-state index contributed by atoms with van der Waals surface area (Å²) in [4.78, 5) is 16.6. The average Bonchev–Trinajstić information content (AvgIpc) is 2.98. The summed E-state index contributed by atoms with van der Waals surface area (Å²) in [7, 11) is 1.68. The predicted octanol–water partition coefficient (Wildman–Crippen LogP) is 4.19. The zero-order valence-electron chi connectivity index (χ0n) is 15.3. The second-order valence-corrected chi connectivity index (χ2v) is 6.27. The first-order valence-corrected chi connectivity index (χ1v) is 8.46. The van der Waals surface area contributed by atoms with Gasteiger partial charge in [-0.3, -0.25) is 4.79 Å². The Kier molecular flexibility index (Phi) is 5.09. The minimum atomic E-state index is -4.60. The Labute approximate surface area is 160 Å². The molecule has 1 amide bonds. The van der Waals surface area contributed by atoms with E-state index in [2.05, 4.69) is 4.98 Å². The highest BCUT2D eigenvalue weighted by Gasteiger charge is 2.35. The molecule has 3 rings (SSSR count). The number of halogens is 3. The largest absolute Gasteiger partial charge is 0.417 e. The van der Waals surface area contributed by atoms with Gasteiger partial charge in [-0.1, -0.05) is 48.5 Å². The van der Waals surface area contributed by atoms with E-state index in [9.17, 15) is 18.0 Å². The predicted molar refractivity (Wildman–Crippen MR) is 101 cm³/mol. The molecule has 2 aromatic carbocycles. The third-order valence-electron chi connectivity index (χ3n) is 4.54. The first-order valence-electron chi connectivity index (χ1n) is 8.46. The van der Waals surface area contributed by atoms with E-state index in [4.69, 9.17) is 5.73 Å². The lowest BCUT2D eigenvalue weighted by Gasteiger charge is -2.19.